The van der Waals surface area contributed by atoms with Crippen LogP contribution >= 0.6 is 0 Å². The third-order valence-corrected chi connectivity index (χ3v) is 7.75. The van der Waals surface area contributed by atoms with Gasteiger partial charge in [-0.25, -0.2) is 4.98 Å². The molecule has 10 nitrogen and oxygen atoms in total. The topological polar surface area (TPSA) is 134 Å². The summed E-state index contributed by atoms with van der Waals surface area (Å²) in [5.74, 6) is 1.21. The van der Waals surface area contributed by atoms with Crippen molar-refractivity contribution in [1.82, 2.24) is 24.4 Å². The maximum atomic E-state index is 12.1. The number of nitrogens with zero attached hydrogens (tertiary/aromatic N) is 5. The molecule has 3 fully saturated rings. The average Bonchev–Trinajstić information content (AvgIpc) is 3.50. The molecule has 5 rings (SSSR count). The van der Waals surface area contributed by atoms with Gasteiger partial charge in [0, 0.05) is 37.3 Å². The molecule has 3 heterocycles. The highest BCUT2D eigenvalue weighted by atomic mass is 16.3. The second-order valence-electron chi connectivity index (χ2n) is 10.3. The van der Waals surface area contributed by atoms with Gasteiger partial charge in [0.1, 0.15) is 6.10 Å². The normalized spacial score (nSPS) is 25.6. The molecule has 1 amide bonds. The van der Waals surface area contributed by atoms with E-state index in [9.17, 15) is 9.90 Å². The Morgan fingerprint density at radius 2 is 1.71 bits per heavy atom. The smallest absolute Gasteiger partial charge is 0.251 e. The van der Waals surface area contributed by atoms with E-state index in [2.05, 4.69) is 15.2 Å². The summed E-state index contributed by atoms with van der Waals surface area (Å²) < 4.78 is 2.24. The summed E-state index contributed by atoms with van der Waals surface area (Å²) in [6.45, 7) is 2.78. The van der Waals surface area contributed by atoms with Crippen LogP contribution < -0.4 is 16.4 Å². The first-order chi connectivity index (χ1) is 16.5. The highest BCUT2D eigenvalue weighted by Crippen LogP contribution is 2.33. The number of nitrogens with two attached hydrogens (primary N) is 1. The van der Waals surface area contributed by atoms with Gasteiger partial charge in [-0.3, -0.25) is 4.79 Å². The summed E-state index contributed by atoms with van der Waals surface area (Å²) in [5, 5.41) is 16.8. The lowest BCUT2D eigenvalue weighted by atomic mass is 9.92. The third-order valence-electron chi connectivity index (χ3n) is 7.75. The quantitative estimate of drug-likeness (QED) is 0.506. The van der Waals surface area contributed by atoms with Crippen molar-refractivity contribution in [2.45, 2.75) is 101 Å². The summed E-state index contributed by atoms with van der Waals surface area (Å²) in [6.07, 6.45) is 11.5. The number of carbonyl (C=O) groups is 1. The Morgan fingerprint density at radius 1 is 1.03 bits per heavy atom. The van der Waals surface area contributed by atoms with Crippen LogP contribution in [0.15, 0.2) is 6.33 Å². The maximum Gasteiger partial charge on any atom is 0.251 e. The van der Waals surface area contributed by atoms with Crippen molar-refractivity contribution in [3.63, 3.8) is 0 Å². The molecule has 5 N–H and O–H groups in total. The molecule has 186 valence electrons. The lowest BCUT2D eigenvalue weighted by molar-refractivity contribution is -0.140. The van der Waals surface area contributed by atoms with Crippen LogP contribution in [0.5, 0.6) is 0 Å². The summed E-state index contributed by atoms with van der Waals surface area (Å²) in [6, 6.07) is 1.27. The zero-order valence-electron chi connectivity index (χ0n) is 20.1. The van der Waals surface area contributed by atoms with Gasteiger partial charge in [0.25, 0.3) is 5.91 Å². The summed E-state index contributed by atoms with van der Waals surface area (Å²) in [7, 11) is 0. The predicted molar refractivity (Wildman–Crippen MR) is 132 cm³/mol. The van der Waals surface area contributed by atoms with Crippen LogP contribution in [0, 0.1) is 0 Å². The fraction of sp³-hybridized carbons (Fsp3) is 0.750. The number of aromatic nitrogens is 4. The predicted octanol–water partition coefficient (Wildman–Crippen LogP) is 2.41. The molecule has 3 aliphatic rings. The molecule has 0 radical (unpaired) electrons. The largest absolute Gasteiger partial charge is 0.384 e. The molecule has 0 unspecified atom stereocenters. The number of piperidine rings is 1. The van der Waals surface area contributed by atoms with Crippen LogP contribution in [0.1, 0.15) is 77.2 Å². The van der Waals surface area contributed by atoms with E-state index < -0.39 is 6.10 Å². The van der Waals surface area contributed by atoms with Crippen LogP contribution in [0.4, 0.5) is 11.8 Å². The molecule has 2 saturated carbocycles. The maximum absolute atomic E-state index is 12.1. The number of nitrogens with one attached hydrogen (secondary N) is 2. The molecule has 0 bridgehead atoms. The van der Waals surface area contributed by atoms with E-state index in [0.717, 1.165) is 68.3 Å². The molecule has 0 aromatic carbocycles. The average molecular weight is 471 g/mol. The van der Waals surface area contributed by atoms with E-state index in [-0.39, 0.29) is 11.9 Å². The van der Waals surface area contributed by atoms with Crippen molar-refractivity contribution in [2.24, 2.45) is 5.73 Å². The number of aliphatic hydroxyl groups is 1. The Balaban J connectivity index is 1.37. The van der Waals surface area contributed by atoms with Crippen molar-refractivity contribution >= 4 is 28.8 Å². The van der Waals surface area contributed by atoms with E-state index in [0.29, 0.717) is 37.2 Å². The molecule has 1 atom stereocenters. The first kappa shape index (κ1) is 23.3. The molecule has 2 aromatic heterocycles. The van der Waals surface area contributed by atoms with Crippen molar-refractivity contribution in [3.8, 4) is 0 Å². The number of imidazole rings is 1. The molecular weight excluding hydrogens is 432 g/mol. The van der Waals surface area contributed by atoms with E-state index in [1.807, 2.05) is 6.33 Å². The van der Waals surface area contributed by atoms with Gasteiger partial charge in [-0.05, 0) is 58.3 Å². The van der Waals surface area contributed by atoms with Crippen molar-refractivity contribution in [1.29, 1.82) is 0 Å². The van der Waals surface area contributed by atoms with Crippen LogP contribution in [-0.2, 0) is 4.79 Å². The van der Waals surface area contributed by atoms with Crippen molar-refractivity contribution in [3.05, 3.63) is 6.33 Å². The Morgan fingerprint density at radius 3 is 2.38 bits per heavy atom. The minimum atomic E-state index is -0.950. The van der Waals surface area contributed by atoms with E-state index in [1.165, 1.54) is 19.8 Å². The second-order valence-corrected chi connectivity index (χ2v) is 10.3. The van der Waals surface area contributed by atoms with Gasteiger partial charge in [-0.2, -0.15) is 9.97 Å². The van der Waals surface area contributed by atoms with Crippen LogP contribution in [0.2, 0.25) is 0 Å². The van der Waals surface area contributed by atoms with Gasteiger partial charge >= 0.3 is 0 Å². The number of aliphatic hydroxyl groups excluding tert-OH is 1. The number of likely N-dealkylation sites (tertiary alicyclic amines) is 1. The van der Waals surface area contributed by atoms with Crippen molar-refractivity contribution in [2.75, 3.05) is 23.7 Å². The number of hydrogen-bond donors (Lipinski definition) is 4. The highest BCUT2D eigenvalue weighted by Gasteiger charge is 2.28. The molecule has 10 heteroatoms. The van der Waals surface area contributed by atoms with E-state index >= 15 is 0 Å². The molecule has 0 spiro atoms. The molecule has 2 aliphatic carbocycles. The van der Waals surface area contributed by atoms with Crippen LogP contribution in [0.3, 0.4) is 0 Å². The van der Waals surface area contributed by atoms with Gasteiger partial charge in [0.2, 0.25) is 5.95 Å². The Kier molecular flexibility index (Phi) is 6.87. The summed E-state index contributed by atoms with van der Waals surface area (Å²) in [4.78, 5) is 28.4. The molecule has 34 heavy (non-hydrogen) atoms. The SMILES string of the molecule is C[C@H](O)C(=O)N1CCC(Nc2nc(NC3CCC(N)CC3)nc3c2ncn3C2CCCC2)CC1. The Hall–Kier alpha value is -2.46. The lowest BCUT2D eigenvalue weighted by Gasteiger charge is -2.33. The first-order valence-electron chi connectivity index (χ1n) is 13.0. The fourth-order valence-electron chi connectivity index (χ4n) is 5.68. The van der Waals surface area contributed by atoms with Crippen LogP contribution in [-0.4, -0.2) is 72.8 Å². The Labute approximate surface area is 200 Å². The van der Waals surface area contributed by atoms with Crippen LogP contribution in [0.25, 0.3) is 11.2 Å². The van der Waals surface area contributed by atoms with Gasteiger partial charge in [0.15, 0.2) is 17.0 Å². The van der Waals surface area contributed by atoms with Gasteiger partial charge in [-0.15, -0.1) is 0 Å². The fourth-order valence-corrected chi connectivity index (χ4v) is 5.68. The second kappa shape index (κ2) is 10.0. The lowest BCUT2D eigenvalue weighted by Crippen LogP contribution is -2.45. The first-order valence-corrected chi connectivity index (χ1v) is 13.0. The molecule has 2 aromatic rings. The number of fused-ring (bicyclic) bond motifs is 1. The minimum absolute atomic E-state index is 0.188. The number of amides is 1. The number of carbonyl (C=O) groups excluding carboxylic acids is 1. The highest BCUT2D eigenvalue weighted by molar-refractivity contribution is 5.84. The molecular formula is C24H38N8O2. The minimum Gasteiger partial charge on any atom is -0.384 e. The zero-order chi connectivity index (χ0) is 23.7. The zero-order valence-corrected chi connectivity index (χ0v) is 20.1. The van der Waals surface area contributed by atoms with E-state index in [1.54, 1.807) is 4.90 Å². The van der Waals surface area contributed by atoms with E-state index in [4.69, 9.17) is 20.7 Å². The number of rotatable bonds is 6. The third kappa shape index (κ3) is 4.98. The molecule has 1 aliphatic heterocycles. The standard InChI is InChI=1S/C24H38N8O2/c1-15(33)23(34)31-12-10-18(11-13-31)27-21-20-22(32(14-26-20)19-4-2-3-5-19)30-24(29-21)28-17-8-6-16(25)7-9-17/h14-19,33H,2-13,25H2,1H3,(H2,27,28,29,30)/t15-,16?,17?/m0/s1. The molecule has 1 saturated heterocycles. The van der Waals surface area contributed by atoms with Gasteiger partial charge in [-0.1, -0.05) is 12.8 Å². The van der Waals surface area contributed by atoms with Gasteiger partial charge < -0.3 is 30.9 Å². The van der Waals surface area contributed by atoms with Crippen molar-refractivity contribution < 1.29 is 9.90 Å². The monoisotopic (exact) mass is 470 g/mol. The number of anilines is 2. The Bertz CT molecular complexity index is 986. The number of hydrogen-bond acceptors (Lipinski definition) is 8. The summed E-state index contributed by atoms with van der Waals surface area (Å²) in [5.41, 5.74) is 7.80. The summed E-state index contributed by atoms with van der Waals surface area (Å²) >= 11 is 0. The van der Waals surface area contributed by atoms with Gasteiger partial charge in [0.05, 0.1) is 6.33 Å².